The van der Waals surface area contributed by atoms with Gasteiger partial charge in [0.15, 0.2) is 0 Å². The smallest absolute Gasteiger partial charge is 0.122 e. The zero-order chi connectivity index (χ0) is 6.15. The summed E-state index contributed by atoms with van der Waals surface area (Å²) in [5.74, 6) is 0. The van der Waals surface area contributed by atoms with E-state index >= 15 is 0 Å². The van der Waals surface area contributed by atoms with Crippen molar-refractivity contribution in [3.8, 4) is 0 Å². The molecule has 0 amide bonds. The van der Waals surface area contributed by atoms with Gasteiger partial charge in [0, 0.05) is 7.05 Å². The van der Waals surface area contributed by atoms with Crippen LogP contribution in [0.15, 0.2) is 0 Å². The molecule has 0 saturated heterocycles. The molecule has 0 radical (unpaired) electrons. The summed E-state index contributed by atoms with van der Waals surface area (Å²) >= 11 is 2.20. The van der Waals surface area contributed by atoms with Crippen LogP contribution in [0.25, 0.3) is 0 Å². The van der Waals surface area contributed by atoms with Crippen LogP contribution in [0.2, 0.25) is 0 Å². The van der Waals surface area contributed by atoms with Gasteiger partial charge in [-0.25, -0.2) is 4.68 Å². The Bertz CT molecular complexity index is 174. The molecule has 1 aromatic heterocycles. The minimum Gasteiger partial charge on any atom is -0.242 e. The van der Waals surface area contributed by atoms with E-state index in [2.05, 4.69) is 32.9 Å². The Kier molecular flexibility index (Phi) is 1.50. The van der Waals surface area contributed by atoms with Gasteiger partial charge in [0.05, 0.1) is 5.69 Å². The molecule has 8 heavy (non-hydrogen) atoms. The van der Waals surface area contributed by atoms with E-state index in [1.54, 1.807) is 4.68 Å². The van der Waals surface area contributed by atoms with Gasteiger partial charge in [-0.1, -0.05) is 5.21 Å². The first-order valence-corrected chi connectivity index (χ1v) is 3.31. The van der Waals surface area contributed by atoms with Gasteiger partial charge >= 0.3 is 0 Å². The lowest BCUT2D eigenvalue weighted by Gasteiger charge is -1.85. The summed E-state index contributed by atoms with van der Waals surface area (Å²) in [6.07, 6.45) is 0. The summed E-state index contributed by atoms with van der Waals surface area (Å²) in [4.78, 5) is 0. The van der Waals surface area contributed by atoms with Gasteiger partial charge in [-0.15, -0.1) is 5.10 Å². The molecule has 1 rings (SSSR count). The van der Waals surface area contributed by atoms with Crippen LogP contribution in [0.3, 0.4) is 0 Å². The first kappa shape index (κ1) is 6.00. The minimum absolute atomic E-state index is 0.994. The van der Waals surface area contributed by atoms with E-state index in [0.29, 0.717) is 0 Å². The molecule has 0 N–H and O–H groups in total. The quantitative estimate of drug-likeness (QED) is 0.607. The maximum absolute atomic E-state index is 3.82. The number of hydrogen-bond donors (Lipinski definition) is 0. The Morgan fingerprint density at radius 3 is 2.38 bits per heavy atom. The number of nitrogens with zero attached hydrogens (tertiary/aromatic N) is 3. The molecule has 1 aromatic rings. The number of aryl methyl sites for hydroxylation is 2. The van der Waals surface area contributed by atoms with Gasteiger partial charge in [-0.05, 0) is 29.5 Å². The van der Waals surface area contributed by atoms with Crippen molar-refractivity contribution in [2.45, 2.75) is 6.92 Å². The van der Waals surface area contributed by atoms with Crippen molar-refractivity contribution in [2.75, 3.05) is 0 Å². The molecule has 0 aromatic carbocycles. The molecule has 0 fully saturated rings. The zero-order valence-electron chi connectivity index (χ0n) is 4.72. The number of halogens is 1. The maximum Gasteiger partial charge on any atom is 0.122 e. The molecule has 0 aliphatic heterocycles. The van der Waals surface area contributed by atoms with Crippen LogP contribution in [0.4, 0.5) is 0 Å². The van der Waals surface area contributed by atoms with E-state index in [-0.39, 0.29) is 0 Å². The van der Waals surface area contributed by atoms with E-state index < -0.39 is 0 Å². The lowest BCUT2D eigenvalue weighted by Crippen LogP contribution is -1.92. The third kappa shape index (κ3) is 0.841. The normalized spacial score (nSPS) is 9.88. The van der Waals surface area contributed by atoms with Gasteiger partial charge in [-0.3, -0.25) is 0 Å². The summed E-state index contributed by atoms with van der Waals surface area (Å²) in [6, 6.07) is 0. The average molecular weight is 223 g/mol. The highest BCUT2D eigenvalue weighted by Gasteiger charge is 1.98. The van der Waals surface area contributed by atoms with E-state index in [4.69, 9.17) is 0 Å². The Morgan fingerprint density at radius 2 is 2.25 bits per heavy atom. The van der Waals surface area contributed by atoms with Crippen LogP contribution in [-0.4, -0.2) is 15.0 Å². The molecule has 0 saturated carbocycles. The average Bonchev–Trinajstić information content (AvgIpc) is 1.98. The van der Waals surface area contributed by atoms with Crippen molar-refractivity contribution < 1.29 is 0 Å². The third-order valence-electron chi connectivity index (χ3n) is 0.912. The van der Waals surface area contributed by atoms with Crippen molar-refractivity contribution in [3.05, 3.63) is 9.39 Å². The third-order valence-corrected chi connectivity index (χ3v) is 2.39. The maximum atomic E-state index is 3.82. The molecule has 0 unspecified atom stereocenters. The van der Waals surface area contributed by atoms with Crippen molar-refractivity contribution in [2.24, 2.45) is 7.05 Å². The highest BCUT2D eigenvalue weighted by molar-refractivity contribution is 14.1. The monoisotopic (exact) mass is 223 g/mol. The summed E-state index contributed by atoms with van der Waals surface area (Å²) in [7, 11) is 1.88. The first-order chi connectivity index (χ1) is 3.72. The predicted octanol–water partition coefficient (Wildman–Crippen LogP) is 0.728. The zero-order valence-corrected chi connectivity index (χ0v) is 6.88. The summed E-state index contributed by atoms with van der Waals surface area (Å²) in [6.45, 7) is 1.94. The molecule has 0 atom stereocenters. The largest absolute Gasteiger partial charge is 0.242 e. The molecular formula is C4H6IN3. The van der Waals surface area contributed by atoms with Gasteiger partial charge in [0.1, 0.15) is 3.70 Å². The fourth-order valence-corrected chi connectivity index (χ4v) is 0.653. The number of aromatic nitrogens is 3. The lowest BCUT2D eigenvalue weighted by molar-refractivity contribution is 0.701. The summed E-state index contributed by atoms with van der Waals surface area (Å²) in [5, 5.41) is 7.60. The molecule has 0 bridgehead atoms. The van der Waals surface area contributed by atoms with E-state index in [1.165, 1.54) is 0 Å². The predicted molar refractivity (Wildman–Crippen MR) is 38.5 cm³/mol. The lowest BCUT2D eigenvalue weighted by atomic mass is 10.6. The molecule has 1 heterocycles. The van der Waals surface area contributed by atoms with Gasteiger partial charge in [0.2, 0.25) is 0 Å². The van der Waals surface area contributed by atoms with Crippen molar-refractivity contribution >= 4 is 22.6 Å². The highest BCUT2D eigenvalue weighted by Crippen LogP contribution is 2.03. The van der Waals surface area contributed by atoms with Crippen LogP contribution in [0.5, 0.6) is 0 Å². The van der Waals surface area contributed by atoms with Crippen LogP contribution in [-0.2, 0) is 7.05 Å². The second-order valence-electron chi connectivity index (χ2n) is 1.59. The Morgan fingerprint density at radius 1 is 1.62 bits per heavy atom. The van der Waals surface area contributed by atoms with Crippen LogP contribution >= 0.6 is 22.6 Å². The first-order valence-electron chi connectivity index (χ1n) is 2.23. The van der Waals surface area contributed by atoms with Crippen LogP contribution < -0.4 is 0 Å². The molecule has 0 spiro atoms. The molecule has 44 valence electrons. The Hall–Kier alpha value is -0.130. The Labute approximate surface area is 61.2 Å². The molecular weight excluding hydrogens is 217 g/mol. The van der Waals surface area contributed by atoms with Gasteiger partial charge in [0.25, 0.3) is 0 Å². The van der Waals surface area contributed by atoms with Gasteiger partial charge < -0.3 is 0 Å². The van der Waals surface area contributed by atoms with Crippen molar-refractivity contribution in [1.82, 2.24) is 15.0 Å². The summed E-state index contributed by atoms with van der Waals surface area (Å²) < 4.78 is 2.85. The molecule has 4 heteroatoms. The van der Waals surface area contributed by atoms with E-state index in [1.807, 2.05) is 14.0 Å². The molecule has 3 nitrogen and oxygen atoms in total. The second-order valence-corrected chi connectivity index (χ2v) is 2.61. The van der Waals surface area contributed by atoms with Crippen molar-refractivity contribution in [3.63, 3.8) is 0 Å². The van der Waals surface area contributed by atoms with Crippen molar-refractivity contribution in [1.29, 1.82) is 0 Å². The topological polar surface area (TPSA) is 30.7 Å². The van der Waals surface area contributed by atoms with E-state index in [0.717, 1.165) is 9.39 Å². The second kappa shape index (κ2) is 2.00. The van der Waals surface area contributed by atoms with E-state index in [9.17, 15) is 0 Å². The number of hydrogen-bond acceptors (Lipinski definition) is 2. The molecule has 0 aliphatic carbocycles. The van der Waals surface area contributed by atoms with Crippen LogP contribution in [0.1, 0.15) is 5.69 Å². The fraction of sp³-hybridized carbons (Fsp3) is 0.500. The standard InChI is InChI=1S/C4H6IN3/c1-3-4(5)8(2)7-6-3/h1-2H3. The fourth-order valence-electron chi connectivity index (χ4n) is 0.449. The van der Waals surface area contributed by atoms with Gasteiger partial charge in [-0.2, -0.15) is 0 Å². The highest BCUT2D eigenvalue weighted by atomic mass is 127. The molecule has 0 aliphatic rings. The summed E-state index contributed by atoms with van der Waals surface area (Å²) in [5.41, 5.74) is 0.994. The SMILES string of the molecule is Cc1nnn(C)c1I. The number of rotatable bonds is 0. The minimum atomic E-state index is 0.994. The Balaban J connectivity index is 3.19. The van der Waals surface area contributed by atoms with Crippen LogP contribution in [0, 0.1) is 10.6 Å².